The summed E-state index contributed by atoms with van der Waals surface area (Å²) in [5.41, 5.74) is 2.94. The van der Waals surface area contributed by atoms with Gasteiger partial charge in [-0.05, 0) is 30.2 Å². The first-order valence-electron chi connectivity index (χ1n) is 9.78. The molecule has 0 aliphatic rings. The molecule has 0 aliphatic heterocycles. The summed E-state index contributed by atoms with van der Waals surface area (Å²) >= 11 is 12.6. The Labute approximate surface area is 175 Å². The Morgan fingerprint density at radius 1 is 1.11 bits per heavy atom. The van der Waals surface area contributed by atoms with Crippen LogP contribution in [-0.4, -0.2) is 20.3 Å². The number of carbonyl (C=O) groups excluding carboxylic acids is 1. The molecule has 0 atom stereocenters. The lowest BCUT2D eigenvalue weighted by Crippen LogP contribution is -2.02. The van der Waals surface area contributed by atoms with Crippen molar-refractivity contribution in [3.05, 3.63) is 57.5 Å². The van der Waals surface area contributed by atoms with E-state index in [0.29, 0.717) is 28.5 Å². The number of nitrogens with zero attached hydrogens (tertiary/aromatic N) is 3. The summed E-state index contributed by atoms with van der Waals surface area (Å²) in [4.78, 5) is 21.6. The number of benzene rings is 1. The number of aromatic nitrogens is 3. The van der Waals surface area contributed by atoms with E-state index in [2.05, 4.69) is 16.9 Å². The molecule has 0 bridgehead atoms. The quantitative estimate of drug-likeness (QED) is 0.298. The van der Waals surface area contributed by atoms with Crippen LogP contribution in [0.5, 0.6) is 0 Å². The van der Waals surface area contributed by atoms with E-state index in [0.717, 1.165) is 35.4 Å². The van der Waals surface area contributed by atoms with Crippen LogP contribution in [-0.2, 0) is 13.5 Å². The lowest BCUT2D eigenvalue weighted by molar-refractivity contribution is 0.0979. The van der Waals surface area contributed by atoms with Crippen LogP contribution < -0.4 is 0 Å². The van der Waals surface area contributed by atoms with E-state index < -0.39 is 0 Å². The fourth-order valence-corrected chi connectivity index (χ4v) is 3.86. The molecule has 2 aromatic heterocycles. The minimum absolute atomic E-state index is 0.132. The van der Waals surface area contributed by atoms with E-state index >= 15 is 0 Å². The Hall–Kier alpha value is -1.91. The van der Waals surface area contributed by atoms with E-state index in [1.165, 1.54) is 19.3 Å². The highest BCUT2D eigenvalue weighted by atomic mass is 35.5. The van der Waals surface area contributed by atoms with Crippen molar-refractivity contribution in [1.82, 2.24) is 14.5 Å². The molecule has 0 saturated heterocycles. The minimum atomic E-state index is 0.132. The number of hydrogen-bond acceptors (Lipinski definition) is 3. The highest BCUT2D eigenvalue weighted by Crippen LogP contribution is 2.27. The van der Waals surface area contributed by atoms with Crippen molar-refractivity contribution in [2.75, 3.05) is 0 Å². The predicted octanol–water partition coefficient (Wildman–Crippen LogP) is 6.41. The van der Waals surface area contributed by atoms with Crippen molar-refractivity contribution in [1.29, 1.82) is 0 Å². The fourth-order valence-electron chi connectivity index (χ4n) is 3.33. The van der Waals surface area contributed by atoms with Crippen molar-refractivity contribution in [3.63, 3.8) is 0 Å². The van der Waals surface area contributed by atoms with Crippen LogP contribution in [0.25, 0.3) is 11.2 Å². The number of halogens is 2. The van der Waals surface area contributed by atoms with Crippen LogP contribution in [0, 0.1) is 0 Å². The van der Waals surface area contributed by atoms with Crippen molar-refractivity contribution in [3.8, 4) is 0 Å². The van der Waals surface area contributed by atoms with Gasteiger partial charge in [-0.1, -0.05) is 61.9 Å². The summed E-state index contributed by atoms with van der Waals surface area (Å²) in [5.74, 6) is 0.939. The number of hydrogen-bond donors (Lipinski definition) is 0. The highest BCUT2D eigenvalue weighted by Gasteiger charge is 2.15. The lowest BCUT2D eigenvalue weighted by Gasteiger charge is -2.06. The predicted molar refractivity (Wildman–Crippen MR) is 115 cm³/mol. The molecule has 3 aromatic rings. The summed E-state index contributed by atoms with van der Waals surface area (Å²) in [5, 5.41) is 1.23. The van der Waals surface area contributed by atoms with Gasteiger partial charge in [-0.2, -0.15) is 0 Å². The Balaban J connectivity index is 1.77. The molecule has 0 fully saturated rings. The number of Topliss-reactive ketones (excluding diaryl/α,β-unsaturated/α-hetero) is 1. The van der Waals surface area contributed by atoms with Crippen LogP contribution in [0.1, 0.15) is 67.2 Å². The van der Waals surface area contributed by atoms with Crippen molar-refractivity contribution >= 4 is 40.1 Å². The molecule has 0 unspecified atom stereocenters. The van der Waals surface area contributed by atoms with Crippen LogP contribution in [0.3, 0.4) is 0 Å². The molecule has 0 radical (unpaired) electrons. The molecule has 4 nitrogen and oxygen atoms in total. The first-order valence-corrected chi connectivity index (χ1v) is 10.5. The number of rotatable bonds is 9. The zero-order valence-corrected chi connectivity index (χ0v) is 17.9. The zero-order chi connectivity index (χ0) is 20.1. The molecule has 148 valence electrons. The zero-order valence-electron chi connectivity index (χ0n) is 16.3. The highest BCUT2D eigenvalue weighted by molar-refractivity contribution is 6.36. The third kappa shape index (κ3) is 4.73. The third-order valence-corrected chi connectivity index (χ3v) is 5.74. The second-order valence-electron chi connectivity index (χ2n) is 7.12. The molecular weight excluding hydrogens is 393 g/mol. The van der Waals surface area contributed by atoms with Crippen molar-refractivity contribution in [2.45, 2.75) is 51.9 Å². The summed E-state index contributed by atoms with van der Waals surface area (Å²) < 4.78 is 1.92. The number of carbonyl (C=O) groups is 1. The Morgan fingerprint density at radius 3 is 2.54 bits per heavy atom. The number of ketones is 1. The molecule has 6 heteroatoms. The molecular formula is C22H25Cl2N3O. The van der Waals surface area contributed by atoms with Gasteiger partial charge in [0.1, 0.15) is 11.3 Å². The Kier molecular flexibility index (Phi) is 7.08. The first-order chi connectivity index (χ1) is 13.5. The van der Waals surface area contributed by atoms with Crippen LogP contribution in [0.4, 0.5) is 0 Å². The van der Waals surface area contributed by atoms with Gasteiger partial charge in [-0.3, -0.25) is 4.79 Å². The van der Waals surface area contributed by atoms with Gasteiger partial charge in [0.25, 0.3) is 0 Å². The van der Waals surface area contributed by atoms with E-state index in [4.69, 9.17) is 23.2 Å². The van der Waals surface area contributed by atoms with Gasteiger partial charge >= 0.3 is 0 Å². The second-order valence-corrected chi connectivity index (χ2v) is 7.93. The summed E-state index contributed by atoms with van der Waals surface area (Å²) in [7, 11) is 1.91. The summed E-state index contributed by atoms with van der Waals surface area (Å²) in [6, 6.07) is 7.31. The van der Waals surface area contributed by atoms with E-state index in [1.807, 2.05) is 35.9 Å². The van der Waals surface area contributed by atoms with Crippen molar-refractivity contribution in [2.24, 2.45) is 7.05 Å². The maximum absolute atomic E-state index is 12.5. The average molecular weight is 418 g/mol. The lowest BCUT2D eigenvalue weighted by atomic mass is 10.0. The molecule has 0 aliphatic carbocycles. The van der Waals surface area contributed by atoms with Gasteiger partial charge in [-0.25, -0.2) is 9.97 Å². The normalized spacial score (nSPS) is 11.3. The number of fused-ring (bicyclic) bond motifs is 1. The largest absolute Gasteiger partial charge is 0.316 e. The minimum Gasteiger partial charge on any atom is -0.316 e. The maximum Gasteiger partial charge on any atom is 0.164 e. The van der Waals surface area contributed by atoms with Crippen molar-refractivity contribution < 1.29 is 4.79 Å². The number of unbranched alkanes of at least 4 members (excludes halogenated alkanes) is 4. The van der Waals surface area contributed by atoms with Crippen LogP contribution >= 0.6 is 23.2 Å². The monoisotopic (exact) mass is 417 g/mol. The molecule has 28 heavy (non-hydrogen) atoms. The van der Waals surface area contributed by atoms with Gasteiger partial charge in [-0.15, -0.1) is 0 Å². The number of pyridine rings is 1. The molecule has 2 heterocycles. The van der Waals surface area contributed by atoms with Gasteiger partial charge < -0.3 is 4.57 Å². The summed E-state index contributed by atoms with van der Waals surface area (Å²) in [6.07, 6.45) is 8.37. The Bertz CT molecular complexity index is 961. The van der Waals surface area contributed by atoms with Gasteiger partial charge in [0, 0.05) is 41.7 Å². The van der Waals surface area contributed by atoms with E-state index in [9.17, 15) is 4.79 Å². The van der Waals surface area contributed by atoms with Crippen LogP contribution in [0.15, 0.2) is 30.5 Å². The Morgan fingerprint density at radius 2 is 1.82 bits per heavy atom. The van der Waals surface area contributed by atoms with Gasteiger partial charge in [0.05, 0.1) is 0 Å². The van der Waals surface area contributed by atoms with Gasteiger partial charge in [0.2, 0.25) is 0 Å². The van der Waals surface area contributed by atoms with Crippen LogP contribution in [0.2, 0.25) is 10.0 Å². The maximum atomic E-state index is 12.5. The molecule has 0 spiro atoms. The SMILES string of the molecule is CCCCCCCC(=O)c1cnc2c(c1)nc(Cc1c(Cl)cccc1Cl)n2C. The summed E-state index contributed by atoms with van der Waals surface area (Å²) in [6.45, 7) is 2.19. The van der Waals surface area contributed by atoms with E-state index in [-0.39, 0.29) is 5.78 Å². The average Bonchev–Trinajstić information content (AvgIpc) is 2.99. The van der Waals surface area contributed by atoms with E-state index in [1.54, 1.807) is 6.20 Å². The third-order valence-electron chi connectivity index (χ3n) is 5.03. The topological polar surface area (TPSA) is 47.8 Å². The molecule has 0 N–H and O–H groups in total. The standard InChI is InChI=1S/C22H25Cl2N3O/c1-3-4-5-6-7-11-20(28)15-12-19-22(25-14-15)27(2)21(26-19)13-16-17(23)9-8-10-18(16)24/h8-10,12,14H,3-7,11,13H2,1-2H3. The molecule has 0 saturated carbocycles. The first kappa shape index (κ1) is 20.8. The molecule has 0 amide bonds. The smallest absolute Gasteiger partial charge is 0.164 e. The second kappa shape index (κ2) is 9.53. The molecule has 3 rings (SSSR count). The van der Waals surface area contributed by atoms with Gasteiger partial charge in [0.15, 0.2) is 11.4 Å². The molecule has 1 aromatic carbocycles. The number of aryl methyl sites for hydroxylation is 1. The fraction of sp³-hybridized carbons (Fsp3) is 0.409. The number of imidazole rings is 1.